The maximum Gasteiger partial charge on any atom is 0.325 e. The van der Waals surface area contributed by atoms with E-state index in [1.54, 1.807) is 12.1 Å². The third-order valence-corrected chi connectivity index (χ3v) is 3.97. The minimum Gasteiger partial charge on any atom is -0.480 e. The lowest BCUT2D eigenvalue weighted by atomic mass is 10.1. The van der Waals surface area contributed by atoms with E-state index in [-0.39, 0.29) is 17.7 Å². The summed E-state index contributed by atoms with van der Waals surface area (Å²) >= 11 is 11.8. The molecule has 0 bridgehead atoms. The Hall–Kier alpha value is -1.26. The Kier molecular flexibility index (Phi) is 4.02. The van der Waals surface area contributed by atoms with Crippen LogP contribution in [0.3, 0.4) is 0 Å². The van der Waals surface area contributed by atoms with E-state index in [1.807, 2.05) is 6.07 Å². The Morgan fingerprint density at radius 2 is 2.05 bits per heavy atom. The zero-order valence-electron chi connectivity index (χ0n) is 10.2. The van der Waals surface area contributed by atoms with Crippen LogP contribution in [0.5, 0.6) is 0 Å². The highest BCUT2D eigenvalue weighted by Gasteiger charge is 2.44. The van der Waals surface area contributed by atoms with E-state index >= 15 is 0 Å². The number of nitrogens with one attached hydrogen (secondary N) is 1. The van der Waals surface area contributed by atoms with Crippen molar-refractivity contribution in [2.45, 2.75) is 25.3 Å². The number of carbonyl (C=O) groups excluding carboxylic acids is 1. The zero-order valence-corrected chi connectivity index (χ0v) is 11.7. The molecule has 1 aromatic rings. The molecule has 1 aliphatic rings. The number of benzene rings is 1. The summed E-state index contributed by atoms with van der Waals surface area (Å²) < 4.78 is 0. The van der Waals surface area contributed by atoms with Gasteiger partial charge in [-0.2, -0.15) is 0 Å². The van der Waals surface area contributed by atoms with Crippen molar-refractivity contribution in [1.82, 2.24) is 5.32 Å². The second-order valence-electron chi connectivity index (χ2n) is 4.69. The number of aliphatic carboxylic acids is 1. The number of carboxylic acid groups (broad SMARTS) is 1. The van der Waals surface area contributed by atoms with E-state index in [2.05, 4.69) is 5.32 Å². The van der Waals surface area contributed by atoms with Crippen molar-refractivity contribution >= 4 is 35.1 Å². The minimum absolute atomic E-state index is 0.0933. The Morgan fingerprint density at radius 3 is 2.63 bits per heavy atom. The topological polar surface area (TPSA) is 66.4 Å². The van der Waals surface area contributed by atoms with Gasteiger partial charge in [-0.25, -0.2) is 0 Å². The van der Waals surface area contributed by atoms with E-state index < -0.39 is 12.0 Å². The Balaban J connectivity index is 1.98. The molecule has 3 atom stereocenters. The van der Waals surface area contributed by atoms with Gasteiger partial charge in [0, 0.05) is 5.92 Å². The van der Waals surface area contributed by atoms with Crippen LogP contribution in [0.1, 0.15) is 24.8 Å². The molecule has 102 valence electrons. The first-order chi connectivity index (χ1) is 8.90. The van der Waals surface area contributed by atoms with Crippen LogP contribution < -0.4 is 5.32 Å². The maximum atomic E-state index is 11.8. The summed E-state index contributed by atoms with van der Waals surface area (Å²) in [6, 6.07) is 4.42. The van der Waals surface area contributed by atoms with Crippen molar-refractivity contribution in [3.8, 4) is 0 Å². The smallest absolute Gasteiger partial charge is 0.325 e. The quantitative estimate of drug-likeness (QED) is 0.898. The van der Waals surface area contributed by atoms with Gasteiger partial charge in [0.1, 0.15) is 6.04 Å². The fourth-order valence-corrected chi connectivity index (χ4v) is 2.28. The van der Waals surface area contributed by atoms with Gasteiger partial charge in [-0.3, -0.25) is 9.59 Å². The molecule has 0 aliphatic heterocycles. The summed E-state index contributed by atoms with van der Waals surface area (Å²) in [5, 5.41) is 12.1. The van der Waals surface area contributed by atoms with Gasteiger partial charge in [0.05, 0.1) is 10.0 Å². The molecule has 6 heteroatoms. The second kappa shape index (κ2) is 5.39. The van der Waals surface area contributed by atoms with Gasteiger partial charge in [0.15, 0.2) is 0 Å². The van der Waals surface area contributed by atoms with Gasteiger partial charge in [-0.05, 0) is 37.0 Å². The first-order valence-electron chi connectivity index (χ1n) is 5.88. The molecule has 0 spiro atoms. The van der Waals surface area contributed by atoms with Crippen LogP contribution in [0.25, 0.3) is 0 Å². The molecular weight excluding hydrogens is 289 g/mol. The van der Waals surface area contributed by atoms with Crippen LogP contribution in [0.15, 0.2) is 18.2 Å². The van der Waals surface area contributed by atoms with Crippen LogP contribution in [0.4, 0.5) is 0 Å². The molecule has 4 nitrogen and oxygen atoms in total. The van der Waals surface area contributed by atoms with Crippen molar-refractivity contribution in [1.29, 1.82) is 0 Å². The highest BCUT2D eigenvalue weighted by atomic mass is 35.5. The predicted octanol–water partition coefficient (Wildman–Crippen LogP) is 2.69. The fourth-order valence-electron chi connectivity index (χ4n) is 1.98. The fraction of sp³-hybridized carbons (Fsp3) is 0.385. The lowest BCUT2D eigenvalue weighted by molar-refractivity contribution is -0.141. The third kappa shape index (κ3) is 3.19. The van der Waals surface area contributed by atoms with E-state index in [0.717, 1.165) is 5.56 Å². The van der Waals surface area contributed by atoms with Crippen LogP contribution in [0, 0.1) is 5.92 Å². The molecule has 1 amide bonds. The lowest BCUT2D eigenvalue weighted by Gasteiger charge is -2.09. The van der Waals surface area contributed by atoms with E-state index in [0.29, 0.717) is 16.5 Å². The number of hydrogen-bond donors (Lipinski definition) is 2. The molecule has 1 aromatic carbocycles. The number of amides is 1. The molecule has 0 heterocycles. The summed E-state index contributed by atoms with van der Waals surface area (Å²) in [4.78, 5) is 22.5. The van der Waals surface area contributed by atoms with Gasteiger partial charge in [-0.15, -0.1) is 0 Å². The number of carbonyl (C=O) groups is 2. The van der Waals surface area contributed by atoms with E-state index in [9.17, 15) is 9.59 Å². The average Bonchev–Trinajstić information content (AvgIpc) is 3.12. The molecular formula is C13H13Cl2NO3. The normalized spacial score (nSPS) is 22.7. The molecule has 0 saturated heterocycles. The van der Waals surface area contributed by atoms with E-state index in [1.165, 1.54) is 6.92 Å². The molecule has 2 rings (SSSR count). The lowest BCUT2D eigenvalue weighted by Crippen LogP contribution is -2.39. The largest absolute Gasteiger partial charge is 0.480 e. The second-order valence-corrected chi connectivity index (χ2v) is 5.51. The first kappa shape index (κ1) is 14.2. The molecule has 1 aliphatic carbocycles. The van der Waals surface area contributed by atoms with Crippen LogP contribution in [0.2, 0.25) is 10.0 Å². The van der Waals surface area contributed by atoms with Crippen molar-refractivity contribution < 1.29 is 14.7 Å². The zero-order chi connectivity index (χ0) is 14.2. The van der Waals surface area contributed by atoms with Crippen molar-refractivity contribution in [3.05, 3.63) is 33.8 Å². The molecule has 3 unspecified atom stereocenters. The van der Waals surface area contributed by atoms with Gasteiger partial charge in [-0.1, -0.05) is 29.3 Å². The van der Waals surface area contributed by atoms with Crippen molar-refractivity contribution in [3.63, 3.8) is 0 Å². The van der Waals surface area contributed by atoms with Crippen LogP contribution in [-0.4, -0.2) is 23.0 Å². The Bertz CT molecular complexity index is 533. The summed E-state index contributed by atoms with van der Waals surface area (Å²) in [5.74, 6) is -1.36. The molecule has 0 aromatic heterocycles. The highest BCUT2D eigenvalue weighted by Crippen LogP contribution is 2.48. The number of rotatable bonds is 4. The highest BCUT2D eigenvalue weighted by molar-refractivity contribution is 6.42. The summed E-state index contributed by atoms with van der Waals surface area (Å²) in [5.41, 5.74) is 0.956. The van der Waals surface area contributed by atoms with Crippen LogP contribution >= 0.6 is 23.2 Å². The van der Waals surface area contributed by atoms with Gasteiger partial charge in [0.2, 0.25) is 5.91 Å². The van der Waals surface area contributed by atoms with Crippen molar-refractivity contribution in [2.24, 2.45) is 5.92 Å². The number of halogens is 2. The number of hydrogen-bond acceptors (Lipinski definition) is 2. The molecule has 2 N–H and O–H groups in total. The summed E-state index contributed by atoms with van der Waals surface area (Å²) in [7, 11) is 0. The molecule has 1 saturated carbocycles. The summed E-state index contributed by atoms with van der Waals surface area (Å²) in [6.45, 7) is 1.44. The SMILES string of the molecule is CC(NC(=O)C1CC1c1ccc(Cl)c(Cl)c1)C(=O)O. The first-order valence-corrected chi connectivity index (χ1v) is 6.64. The molecule has 0 radical (unpaired) electrons. The van der Waals surface area contributed by atoms with Crippen LogP contribution in [-0.2, 0) is 9.59 Å². The standard InChI is InChI=1S/C13H13Cl2NO3/c1-6(13(18)19)16-12(17)9-5-8(9)7-2-3-10(14)11(15)4-7/h2-4,6,8-9H,5H2,1H3,(H,16,17)(H,18,19). The van der Waals surface area contributed by atoms with Crippen molar-refractivity contribution in [2.75, 3.05) is 0 Å². The van der Waals surface area contributed by atoms with Gasteiger partial charge in [0.25, 0.3) is 0 Å². The maximum absolute atomic E-state index is 11.8. The van der Waals surface area contributed by atoms with E-state index in [4.69, 9.17) is 28.3 Å². The third-order valence-electron chi connectivity index (χ3n) is 3.23. The molecule has 19 heavy (non-hydrogen) atoms. The predicted molar refractivity (Wildman–Crippen MR) is 72.6 cm³/mol. The summed E-state index contributed by atoms with van der Waals surface area (Å²) in [6.07, 6.45) is 0.704. The Morgan fingerprint density at radius 1 is 1.37 bits per heavy atom. The monoisotopic (exact) mass is 301 g/mol. The van der Waals surface area contributed by atoms with Gasteiger partial charge < -0.3 is 10.4 Å². The average molecular weight is 302 g/mol. The number of carboxylic acids is 1. The van der Waals surface area contributed by atoms with Gasteiger partial charge >= 0.3 is 5.97 Å². The molecule has 1 fully saturated rings. The Labute approximate surface area is 120 Å². The minimum atomic E-state index is -1.04.